The highest BCUT2D eigenvalue weighted by Crippen LogP contribution is 2.16. The van der Waals surface area contributed by atoms with Gasteiger partial charge in [0.1, 0.15) is 6.29 Å². The summed E-state index contributed by atoms with van der Waals surface area (Å²) in [5, 5.41) is 0. The molecule has 0 unspecified atom stereocenters. The van der Waals surface area contributed by atoms with Crippen LogP contribution in [0, 0.1) is 0 Å². The van der Waals surface area contributed by atoms with Crippen molar-refractivity contribution >= 4 is 6.29 Å². The first-order valence-electron chi connectivity index (χ1n) is 5.58. The SMILES string of the molecule is CCCCCCN1CCC[C@H]1C=O. The van der Waals surface area contributed by atoms with Crippen molar-refractivity contribution in [3.63, 3.8) is 0 Å². The number of unbranched alkanes of at least 4 members (excludes halogenated alkanes) is 3. The molecular weight excluding hydrogens is 162 g/mol. The zero-order valence-electron chi connectivity index (χ0n) is 8.67. The molecule has 1 atom stereocenters. The van der Waals surface area contributed by atoms with E-state index >= 15 is 0 Å². The Hall–Kier alpha value is -0.370. The topological polar surface area (TPSA) is 20.3 Å². The van der Waals surface area contributed by atoms with Crippen molar-refractivity contribution in [3.05, 3.63) is 0 Å². The van der Waals surface area contributed by atoms with E-state index in [4.69, 9.17) is 0 Å². The monoisotopic (exact) mass is 183 g/mol. The maximum atomic E-state index is 10.7. The molecule has 0 aromatic carbocycles. The molecule has 0 aromatic rings. The largest absolute Gasteiger partial charge is 0.302 e. The van der Waals surface area contributed by atoms with Crippen LogP contribution >= 0.6 is 0 Å². The van der Waals surface area contributed by atoms with Gasteiger partial charge < -0.3 is 4.79 Å². The van der Waals surface area contributed by atoms with Crippen molar-refractivity contribution in [1.82, 2.24) is 4.90 Å². The summed E-state index contributed by atoms with van der Waals surface area (Å²) in [6.45, 7) is 4.49. The quantitative estimate of drug-likeness (QED) is 0.465. The Morgan fingerprint density at radius 3 is 2.92 bits per heavy atom. The molecule has 0 saturated carbocycles. The van der Waals surface area contributed by atoms with Gasteiger partial charge in [-0.25, -0.2) is 0 Å². The third kappa shape index (κ3) is 3.47. The Morgan fingerprint density at radius 1 is 1.38 bits per heavy atom. The summed E-state index contributed by atoms with van der Waals surface area (Å²) in [5.74, 6) is 0. The number of likely N-dealkylation sites (tertiary alicyclic amines) is 1. The highest BCUT2D eigenvalue weighted by molar-refractivity contribution is 5.58. The molecule has 1 saturated heterocycles. The van der Waals surface area contributed by atoms with Gasteiger partial charge in [0, 0.05) is 0 Å². The van der Waals surface area contributed by atoms with Gasteiger partial charge in [0.25, 0.3) is 0 Å². The first-order chi connectivity index (χ1) is 6.38. The van der Waals surface area contributed by atoms with E-state index in [1.54, 1.807) is 0 Å². The predicted octanol–water partition coefficient (Wildman–Crippen LogP) is 2.23. The molecule has 0 aliphatic carbocycles. The Kier molecular flexibility index (Phi) is 5.06. The van der Waals surface area contributed by atoms with E-state index in [0.29, 0.717) is 0 Å². The third-order valence-corrected chi connectivity index (χ3v) is 2.87. The summed E-state index contributed by atoms with van der Waals surface area (Å²) >= 11 is 0. The van der Waals surface area contributed by atoms with Gasteiger partial charge >= 0.3 is 0 Å². The molecule has 0 spiro atoms. The summed E-state index contributed by atoms with van der Waals surface area (Å²) < 4.78 is 0. The normalized spacial score (nSPS) is 23.6. The van der Waals surface area contributed by atoms with Crippen LogP contribution in [0.25, 0.3) is 0 Å². The summed E-state index contributed by atoms with van der Waals surface area (Å²) in [7, 11) is 0. The number of hydrogen-bond acceptors (Lipinski definition) is 2. The molecule has 1 heterocycles. The molecule has 1 rings (SSSR count). The Morgan fingerprint density at radius 2 is 2.23 bits per heavy atom. The standard InChI is InChI=1S/C11H21NO/c1-2-3-4-5-8-12-9-6-7-11(12)10-13/h10-11H,2-9H2,1H3/t11-/m0/s1. The van der Waals surface area contributed by atoms with Crippen LogP contribution in [0.2, 0.25) is 0 Å². The lowest BCUT2D eigenvalue weighted by Crippen LogP contribution is -2.31. The highest BCUT2D eigenvalue weighted by Gasteiger charge is 2.22. The second-order valence-corrected chi connectivity index (χ2v) is 3.94. The lowest BCUT2D eigenvalue weighted by Gasteiger charge is -2.19. The minimum absolute atomic E-state index is 0.238. The molecular formula is C11H21NO. The molecule has 1 aliphatic heterocycles. The molecule has 1 aliphatic rings. The van der Waals surface area contributed by atoms with Crippen molar-refractivity contribution in [2.75, 3.05) is 13.1 Å². The molecule has 1 fully saturated rings. The summed E-state index contributed by atoms with van der Waals surface area (Å²) in [6.07, 6.45) is 8.61. The number of aldehydes is 1. The number of hydrogen-bond donors (Lipinski definition) is 0. The van der Waals surface area contributed by atoms with E-state index in [1.807, 2.05) is 0 Å². The molecule has 2 nitrogen and oxygen atoms in total. The Balaban J connectivity index is 2.09. The van der Waals surface area contributed by atoms with Crippen LogP contribution in [0.1, 0.15) is 45.4 Å². The van der Waals surface area contributed by atoms with Crippen LogP contribution in [0.4, 0.5) is 0 Å². The molecule has 0 amide bonds. The minimum Gasteiger partial charge on any atom is -0.302 e. The van der Waals surface area contributed by atoms with E-state index in [1.165, 1.54) is 32.1 Å². The van der Waals surface area contributed by atoms with Crippen molar-refractivity contribution in [2.24, 2.45) is 0 Å². The Bertz CT molecular complexity index is 147. The van der Waals surface area contributed by atoms with Crippen LogP contribution in [0.3, 0.4) is 0 Å². The van der Waals surface area contributed by atoms with Crippen LogP contribution < -0.4 is 0 Å². The average Bonchev–Trinajstić information content (AvgIpc) is 2.60. The molecule has 0 aromatic heterocycles. The highest BCUT2D eigenvalue weighted by atomic mass is 16.1. The van der Waals surface area contributed by atoms with Crippen molar-refractivity contribution in [3.8, 4) is 0 Å². The lowest BCUT2D eigenvalue weighted by atomic mass is 10.2. The smallest absolute Gasteiger partial charge is 0.137 e. The van der Waals surface area contributed by atoms with E-state index in [-0.39, 0.29) is 6.04 Å². The van der Waals surface area contributed by atoms with E-state index in [9.17, 15) is 4.79 Å². The van der Waals surface area contributed by atoms with E-state index in [0.717, 1.165) is 25.8 Å². The second kappa shape index (κ2) is 6.14. The average molecular weight is 183 g/mol. The number of nitrogens with zero attached hydrogens (tertiary/aromatic N) is 1. The van der Waals surface area contributed by atoms with Crippen LogP contribution in [-0.4, -0.2) is 30.3 Å². The van der Waals surface area contributed by atoms with Crippen LogP contribution in [-0.2, 0) is 4.79 Å². The first kappa shape index (κ1) is 10.7. The van der Waals surface area contributed by atoms with E-state index in [2.05, 4.69) is 11.8 Å². The molecule has 0 bridgehead atoms. The third-order valence-electron chi connectivity index (χ3n) is 2.87. The van der Waals surface area contributed by atoms with Gasteiger partial charge in [-0.05, 0) is 32.4 Å². The van der Waals surface area contributed by atoms with Crippen LogP contribution in [0.15, 0.2) is 0 Å². The van der Waals surface area contributed by atoms with Crippen molar-refractivity contribution < 1.29 is 4.79 Å². The summed E-state index contributed by atoms with van der Waals surface area (Å²) in [5.41, 5.74) is 0. The van der Waals surface area contributed by atoms with E-state index < -0.39 is 0 Å². The molecule has 0 radical (unpaired) electrons. The molecule has 2 heteroatoms. The van der Waals surface area contributed by atoms with Gasteiger partial charge in [0.05, 0.1) is 6.04 Å². The van der Waals surface area contributed by atoms with Crippen molar-refractivity contribution in [2.45, 2.75) is 51.5 Å². The zero-order valence-corrected chi connectivity index (χ0v) is 8.67. The number of rotatable bonds is 6. The fourth-order valence-electron chi connectivity index (χ4n) is 2.03. The van der Waals surface area contributed by atoms with Gasteiger partial charge in [-0.15, -0.1) is 0 Å². The molecule has 76 valence electrons. The summed E-state index contributed by atoms with van der Waals surface area (Å²) in [6, 6.07) is 0.238. The second-order valence-electron chi connectivity index (χ2n) is 3.94. The maximum Gasteiger partial charge on any atom is 0.137 e. The number of carbonyl (C=O) groups excluding carboxylic acids is 1. The minimum atomic E-state index is 0.238. The maximum absolute atomic E-state index is 10.7. The first-order valence-corrected chi connectivity index (χ1v) is 5.58. The summed E-state index contributed by atoms with van der Waals surface area (Å²) in [4.78, 5) is 13.0. The van der Waals surface area contributed by atoms with Crippen molar-refractivity contribution in [1.29, 1.82) is 0 Å². The Labute approximate surface area is 81.3 Å². The lowest BCUT2D eigenvalue weighted by molar-refractivity contribution is -0.111. The van der Waals surface area contributed by atoms with Gasteiger partial charge in [0.15, 0.2) is 0 Å². The van der Waals surface area contributed by atoms with Gasteiger partial charge in [-0.3, -0.25) is 4.90 Å². The predicted molar refractivity (Wildman–Crippen MR) is 54.8 cm³/mol. The van der Waals surface area contributed by atoms with Gasteiger partial charge in [-0.2, -0.15) is 0 Å². The zero-order chi connectivity index (χ0) is 9.52. The van der Waals surface area contributed by atoms with Gasteiger partial charge in [0.2, 0.25) is 0 Å². The number of carbonyl (C=O) groups is 1. The molecule has 13 heavy (non-hydrogen) atoms. The van der Waals surface area contributed by atoms with Crippen LogP contribution in [0.5, 0.6) is 0 Å². The fourth-order valence-corrected chi connectivity index (χ4v) is 2.03. The fraction of sp³-hybridized carbons (Fsp3) is 0.909. The van der Waals surface area contributed by atoms with Gasteiger partial charge in [-0.1, -0.05) is 26.2 Å². The molecule has 0 N–H and O–H groups in total.